The van der Waals surface area contributed by atoms with E-state index in [1.165, 1.54) is 19.9 Å². The third-order valence-corrected chi connectivity index (χ3v) is 2.79. The second kappa shape index (κ2) is 4.34. The monoisotopic (exact) mass is 268 g/mol. The lowest BCUT2D eigenvalue weighted by Crippen LogP contribution is -2.31. The second-order valence-corrected chi connectivity index (χ2v) is 4.07. The number of aromatic hydroxyl groups is 1. The highest BCUT2D eigenvalue weighted by molar-refractivity contribution is 5.42. The molecule has 0 saturated heterocycles. The quantitative estimate of drug-likeness (QED) is 0.814. The number of benzene rings is 1. The summed E-state index contributed by atoms with van der Waals surface area (Å²) in [6, 6.07) is 2.18. The van der Waals surface area contributed by atoms with E-state index in [0.717, 1.165) is 6.07 Å². The predicted octanol–water partition coefficient (Wildman–Crippen LogP) is 1.13. The first-order valence-corrected chi connectivity index (χ1v) is 5.34. The fourth-order valence-corrected chi connectivity index (χ4v) is 1.67. The van der Waals surface area contributed by atoms with Crippen molar-refractivity contribution in [2.45, 2.75) is 13.8 Å². The minimum atomic E-state index is -1.11. The third-order valence-electron chi connectivity index (χ3n) is 2.79. The predicted molar refractivity (Wildman–Crippen MR) is 63.7 cm³/mol. The van der Waals surface area contributed by atoms with E-state index in [1.54, 1.807) is 0 Å². The van der Waals surface area contributed by atoms with E-state index in [0.29, 0.717) is 4.57 Å². The Bertz CT molecular complexity index is 778. The molecule has 0 atom stereocenters. The van der Waals surface area contributed by atoms with Gasteiger partial charge in [-0.15, -0.1) is 0 Å². The number of aryl methyl sites for hydroxylation is 1. The summed E-state index contributed by atoms with van der Waals surface area (Å²) >= 11 is 0. The van der Waals surface area contributed by atoms with Crippen LogP contribution in [0.4, 0.5) is 8.78 Å². The van der Waals surface area contributed by atoms with Gasteiger partial charge in [-0.25, -0.2) is 18.1 Å². The summed E-state index contributed by atoms with van der Waals surface area (Å²) in [5.41, 5.74) is -2.75. The molecule has 0 aliphatic rings. The summed E-state index contributed by atoms with van der Waals surface area (Å²) in [5.74, 6) is -2.80. The molecule has 5 nitrogen and oxygen atoms in total. The van der Waals surface area contributed by atoms with Gasteiger partial charge in [0.1, 0.15) is 5.69 Å². The minimum Gasteiger partial charge on any atom is -0.494 e. The first-order valence-electron chi connectivity index (χ1n) is 5.34. The van der Waals surface area contributed by atoms with E-state index >= 15 is 0 Å². The number of hydrogen-bond acceptors (Lipinski definition) is 3. The summed E-state index contributed by atoms with van der Waals surface area (Å²) < 4.78 is 28.0. The molecule has 0 saturated carbocycles. The molecular formula is C12H10F2N2O3. The Morgan fingerprint density at radius 1 is 1.21 bits per heavy atom. The number of nitrogens with zero attached hydrogens (tertiary/aromatic N) is 1. The summed E-state index contributed by atoms with van der Waals surface area (Å²) in [5, 5.41) is 9.76. The third kappa shape index (κ3) is 1.92. The van der Waals surface area contributed by atoms with Gasteiger partial charge in [-0.05, 0) is 25.5 Å². The molecule has 1 heterocycles. The van der Waals surface area contributed by atoms with Crippen molar-refractivity contribution in [3.8, 4) is 11.6 Å². The molecule has 0 bridgehead atoms. The number of hydrogen-bond donors (Lipinski definition) is 2. The Labute approximate surface area is 105 Å². The maximum atomic E-state index is 13.9. The van der Waals surface area contributed by atoms with Crippen molar-refractivity contribution in [2.75, 3.05) is 0 Å². The topological polar surface area (TPSA) is 75.1 Å². The highest BCUT2D eigenvalue weighted by Crippen LogP contribution is 2.23. The normalized spacial score (nSPS) is 10.7. The molecular weight excluding hydrogens is 258 g/mol. The lowest BCUT2D eigenvalue weighted by Gasteiger charge is -2.12. The van der Waals surface area contributed by atoms with Crippen LogP contribution in [0.3, 0.4) is 0 Å². The van der Waals surface area contributed by atoms with Crippen LogP contribution in [0.1, 0.15) is 11.1 Å². The van der Waals surface area contributed by atoms with E-state index in [9.17, 15) is 23.5 Å². The molecule has 7 heteroatoms. The smallest absolute Gasteiger partial charge is 0.335 e. The maximum absolute atomic E-state index is 13.9. The largest absolute Gasteiger partial charge is 0.494 e. The van der Waals surface area contributed by atoms with Gasteiger partial charge < -0.3 is 5.11 Å². The Hall–Kier alpha value is -2.44. The average Bonchev–Trinajstić information content (AvgIpc) is 2.35. The van der Waals surface area contributed by atoms with Gasteiger partial charge >= 0.3 is 5.69 Å². The number of rotatable bonds is 1. The first kappa shape index (κ1) is 13.0. The van der Waals surface area contributed by atoms with E-state index in [2.05, 4.69) is 0 Å². The molecule has 0 amide bonds. The minimum absolute atomic E-state index is 0.103. The number of nitrogens with one attached hydrogen (secondary N) is 1. The van der Waals surface area contributed by atoms with Crippen LogP contribution in [0, 0.1) is 25.5 Å². The number of aromatic amines is 1. The van der Waals surface area contributed by atoms with Crippen molar-refractivity contribution in [1.29, 1.82) is 0 Å². The average molecular weight is 268 g/mol. The van der Waals surface area contributed by atoms with Gasteiger partial charge in [-0.3, -0.25) is 9.78 Å². The molecule has 2 rings (SSSR count). The molecule has 0 fully saturated rings. The summed E-state index contributed by atoms with van der Waals surface area (Å²) in [7, 11) is 0. The molecule has 2 aromatic rings. The zero-order chi connectivity index (χ0) is 14.3. The highest BCUT2D eigenvalue weighted by Gasteiger charge is 2.20. The summed E-state index contributed by atoms with van der Waals surface area (Å²) in [6.45, 7) is 2.62. The Morgan fingerprint density at radius 3 is 2.47 bits per heavy atom. The van der Waals surface area contributed by atoms with Crippen LogP contribution in [-0.2, 0) is 0 Å². The maximum Gasteiger partial charge on any atom is 0.335 e. The molecule has 0 aliphatic heterocycles. The van der Waals surface area contributed by atoms with Gasteiger partial charge in [0, 0.05) is 0 Å². The SMILES string of the molecule is Cc1ccc(F)c(-n2c(O)c(C)c(=O)[nH]c2=O)c1F. The number of H-pyrrole nitrogens is 1. The van der Waals surface area contributed by atoms with Crippen molar-refractivity contribution < 1.29 is 13.9 Å². The van der Waals surface area contributed by atoms with Crippen molar-refractivity contribution in [2.24, 2.45) is 0 Å². The number of aromatic nitrogens is 2. The Morgan fingerprint density at radius 2 is 1.84 bits per heavy atom. The molecule has 2 N–H and O–H groups in total. The summed E-state index contributed by atoms with van der Waals surface area (Å²) in [4.78, 5) is 24.8. The number of halogens is 2. The van der Waals surface area contributed by atoms with Gasteiger partial charge in [0.05, 0.1) is 5.56 Å². The first-order chi connectivity index (χ1) is 8.84. The van der Waals surface area contributed by atoms with Crippen LogP contribution >= 0.6 is 0 Å². The van der Waals surface area contributed by atoms with E-state index in [4.69, 9.17) is 0 Å². The van der Waals surface area contributed by atoms with Crippen molar-refractivity contribution in [1.82, 2.24) is 9.55 Å². The van der Waals surface area contributed by atoms with Crippen LogP contribution in [0.5, 0.6) is 5.88 Å². The Balaban J connectivity index is 2.96. The van der Waals surface area contributed by atoms with Crippen LogP contribution in [0.2, 0.25) is 0 Å². The lowest BCUT2D eigenvalue weighted by atomic mass is 10.2. The van der Waals surface area contributed by atoms with Gasteiger partial charge in [-0.2, -0.15) is 0 Å². The second-order valence-electron chi connectivity index (χ2n) is 4.07. The molecule has 19 heavy (non-hydrogen) atoms. The van der Waals surface area contributed by atoms with Crippen LogP contribution in [0.15, 0.2) is 21.7 Å². The molecule has 0 unspecified atom stereocenters. The van der Waals surface area contributed by atoms with E-state index < -0.39 is 34.5 Å². The molecule has 0 spiro atoms. The standard InChI is InChI=1S/C12H10F2N2O3/c1-5-3-4-7(13)9(8(5)14)16-11(18)6(2)10(17)15-12(16)19/h3-4,18H,1-2H3,(H,15,17,19). The van der Waals surface area contributed by atoms with Gasteiger partial charge in [0.15, 0.2) is 11.6 Å². The lowest BCUT2D eigenvalue weighted by molar-refractivity contribution is 0.418. The fourth-order valence-electron chi connectivity index (χ4n) is 1.67. The molecule has 0 radical (unpaired) electrons. The summed E-state index contributed by atoms with van der Waals surface area (Å²) in [6.07, 6.45) is 0. The molecule has 0 aliphatic carbocycles. The van der Waals surface area contributed by atoms with Gasteiger partial charge in [0.2, 0.25) is 5.88 Å². The van der Waals surface area contributed by atoms with Crippen molar-refractivity contribution in [3.63, 3.8) is 0 Å². The van der Waals surface area contributed by atoms with Crippen molar-refractivity contribution in [3.05, 3.63) is 55.7 Å². The van der Waals surface area contributed by atoms with Crippen LogP contribution in [0.25, 0.3) is 5.69 Å². The fraction of sp³-hybridized carbons (Fsp3) is 0.167. The Kier molecular flexibility index (Phi) is 2.97. The zero-order valence-electron chi connectivity index (χ0n) is 10.1. The van der Waals surface area contributed by atoms with E-state index in [1.807, 2.05) is 4.98 Å². The van der Waals surface area contributed by atoms with Crippen LogP contribution in [-0.4, -0.2) is 14.7 Å². The highest BCUT2D eigenvalue weighted by atomic mass is 19.1. The van der Waals surface area contributed by atoms with Crippen LogP contribution < -0.4 is 11.2 Å². The van der Waals surface area contributed by atoms with Gasteiger partial charge in [-0.1, -0.05) is 6.07 Å². The van der Waals surface area contributed by atoms with E-state index in [-0.39, 0.29) is 11.1 Å². The van der Waals surface area contributed by atoms with Gasteiger partial charge in [0.25, 0.3) is 5.56 Å². The van der Waals surface area contributed by atoms with Crippen molar-refractivity contribution >= 4 is 0 Å². The zero-order valence-corrected chi connectivity index (χ0v) is 10.1. The molecule has 100 valence electrons. The molecule has 1 aromatic heterocycles. The molecule has 1 aromatic carbocycles.